The summed E-state index contributed by atoms with van der Waals surface area (Å²) in [5.41, 5.74) is 9.96. The van der Waals surface area contributed by atoms with E-state index in [1.165, 1.54) is 5.56 Å². The number of H-pyrrole nitrogens is 1. The maximum absolute atomic E-state index is 11.8. The molecule has 1 atom stereocenters. The van der Waals surface area contributed by atoms with E-state index in [4.69, 9.17) is 10.7 Å². The van der Waals surface area contributed by atoms with Crippen molar-refractivity contribution in [1.82, 2.24) is 9.97 Å². The minimum Gasteiger partial charge on any atom is -0.364 e. The summed E-state index contributed by atoms with van der Waals surface area (Å²) in [6, 6.07) is 2.06. The maximum Gasteiger partial charge on any atom is 0.267 e. The third-order valence-electron chi connectivity index (χ3n) is 5.19. The first kappa shape index (κ1) is 17.5. The average molecular weight is 342 g/mol. The van der Waals surface area contributed by atoms with Crippen molar-refractivity contribution in [2.75, 3.05) is 5.32 Å². The third kappa shape index (κ3) is 3.25. The van der Waals surface area contributed by atoms with E-state index in [-0.39, 0.29) is 17.0 Å². The lowest BCUT2D eigenvalue weighted by atomic mass is 9.71. The van der Waals surface area contributed by atoms with Crippen LogP contribution in [0.25, 0.3) is 11.0 Å². The van der Waals surface area contributed by atoms with Gasteiger partial charge in [0.15, 0.2) is 0 Å². The molecule has 0 spiro atoms. The molecule has 0 aliphatic heterocycles. The molecular formula is C19H26N4O2. The summed E-state index contributed by atoms with van der Waals surface area (Å²) in [6.07, 6.45) is 3.30. The van der Waals surface area contributed by atoms with E-state index >= 15 is 0 Å². The zero-order chi connectivity index (χ0) is 18.4. The lowest BCUT2D eigenvalue weighted by Crippen LogP contribution is -2.27. The van der Waals surface area contributed by atoms with Gasteiger partial charge in [0, 0.05) is 12.1 Å². The Kier molecular flexibility index (Phi) is 4.31. The third-order valence-corrected chi connectivity index (χ3v) is 5.19. The molecular weight excluding hydrogens is 316 g/mol. The summed E-state index contributed by atoms with van der Waals surface area (Å²) in [4.78, 5) is 31.4. The van der Waals surface area contributed by atoms with Crippen LogP contribution in [0.1, 0.15) is 62.3 Å². The number of amides is 2. The van der Waals surface area contributed by atoms with Gasteiger partial charge in [-0.2, -0.15) is 0 Å². The van der Waals surface area contributed by atoms with Crippen molar-refractivity contribution in [3.63, 3.8) is 0 Å². The van der Waals surface area contributed by atoms with E-state index in [0.29, 0.717) is 23.5 Å². The minimum absolute atomic E-state index is 0.171. The van der Waals surface area contributed by atoms with Crippen molar-refractivity contribution in [2.24, 2.45) is 17.1 Å². The Morgan fingerprint density at radius 1 is 1.40 bits per heavy atom. The van der Waals surface area contributed by atoms with E-state index in [0.717, 1.165) is 30.5 Å². The second-order valence-corrected chi connectivity index (χ2v) is 7.94. The number of pyridine rings is 1. The number of nitrogens with zero attached hydrogens (tertiary/aromatic N) is 1. The lowest BCUT2D eigenvalue weighted by molar-refractivity contribution is -0.115. The zero-order valence-electron chi connectivity index (χ0n) is 15.3. The topological polar surface area (TPSA) is 101 Å². The Morgan fingerprint density at radius 2 is 2.12 bits per heavy atom. The van der Waals surface area contributed by atoms with Gasteiger partial charge >= 0.3 is 0 Å². The van der Waals surface area contributed by atoms with Crippen LogP contribution in [-0.2, 0) is 17.6 Å². The first-order valence-corrected chi connectivity index (χ1v) is 8.84. The number of nitrogens with two attached hydrogens (primary N) is 1. The smallest absolute Gasteiger partial charge is 0.267 e. The molecule has 0 fully saturated rings. The van der Waals surface area contributed by atoms with Crippen molar-refractivity contribution in [3.05, 3.63) is 23.0 Å². The van der Waals surface area contributed by atoms with Crippen LogP contribution in [0.15, 0.2) is 6.07 Å². The van der Waals surface area contributed by atoms with Gasteiger partial charge in [0.2, 0.25) is 5.91 Å². The highest BCUT2D eigenvalue weighted by Crippen LogP contribution is 2.38. The second kappa shape index (κ2) is 6.17. The van der Waals surface area contributed by atoms with E-state index in [1.807, 2.05) is 0 Å². The molecule has 2 amide bonds. The quantitative estimate of drug-likeness (QED) is 0.798. The number of nitrogens with one attached hydrogen (secondary N) is 2. The van der Waals surface area contributed by atoms with Gasteiger partial charge in [-0.3, -0.25) is 9.59 Å². The Balaban J connectivity index is 2.08. The highest BCUT2D eigenvalue weighted by molar-refractivity contribution is 6.10. The number of primary amides is 1. The number of hydrogen-bond acceptors (Lipinski definition) is 3. The van der Waals surface area contributed by atoms with E-state index in [1.54, 1.807) is 6.92 Å². The highest BCUT2D eigenvalue weighted by Gasteiger charge is 2.30. The molecule has 2 aromatic rings. The fourth-order valence-corrected chi connectivity index (χ4v) is 3.54. The van der Waals surface area contributed by atoms with Gasteiger partial charge < -0.3 is 16.0 Å². The van der Waals surface area contributed by atoms with E-state index in [2.05, 4.69) is 37.1 Å². The number of hydrogen-bond donors (Lipinski definition) is 3. The number of rotatable bonds is 3. The van der Waals surface area contributed by atoms with Crippen molar-refractivity contribution in [1.29, 1.82) is 0 Å². The molecule has 0 bridgehead atoms. The summed E-state index contributed by atoms with van der Waals surface area (Å²) < 4.78 is 0. The molecule has 25 heavy (non-hydrogen) atoms. The molecule has 0 saturated heterocycles. The van der Waals surface area contributed by atoms with Gasteiger partial charge in [0.25, 0.3) is 5.91 Å². The molecule has 6 heteroatoms. The molecule has 2 aromatic heterocycles. The number of carbonyl (C=O) groups excluding carboxylic acids is 2. The van der Waals surface area contributed by atoms with Crippen LogP contribution in [0, 0.1) is 11.3 Å². The molecule has 0 radical (unpaired) electrons. The largest absolute Gasteiger partial charge is 0.364 e. The number of fused-ring (bicyclic) bond motifs is 2. The average Bonchev–Trinajstić information content (AvgIpc) is 2.89. The lowest BCUT2D eigenvalue weighted by Gasteiger charge is -2.34. The van der Waals surface area contributed by atoms with Crippen molar-refractivity contribution in [2.45, 2.75) is 53.4 Å². The molecule has 1 aliphatic rings. The molecule has 1 aliphatic carbocycles. The minimum atomic E-state index is -0.602. The van der Waals surface area contributed by atoms with Gasteiger partial charge in [-0.05, 0) is 42.2 Å². The Labute approximate surface area is 147 Å². The Hall–Kier alpha value is -2.37. The van der Waals surface area contributed by atoms with Crippen LogP contribution in [0.5, 0.6) is 0 Å². The van der Waals surface area contributed by atoms with Gasteiger partial charge in [0.05, 0.1) is 11.2 Å². The zero-order valence-corrected chi connectivity index (χ0v) is 15.3. The molecule has 2 heterocycles. The van der Waals surface area contributed by atoms with Gasteiger partial charge in [-0.1, -0.05) is 27.7 Å². The Bertz CT molecular complexity index is 845. The summed E-state index contributed by atoms with van der Waals surface area (Å²) in [5.74, 6) is -0.172. The number of aromatic amines is 1. The number of anilines is 1. The van der Waals surface area contributed by atoms with Gasteiger partial charge in [0.1, 0.15) is 11.2 Å². The first-order chi connectivity index (χ1) is 11.7. The summed E-state index contributed by atoms with van der Waals surface area (Å²) in [7, 11) is 0. The molecule has 1 unspecified atom stereocenters. The molecule has 6 nitrogen and oxygen atoms in total. The van der Waals surface area contributed by atoms with E-state index < -0.39 is 5.91 Å². The van der Waals surface area contributed by atoms with Crippen LogP contribution < -0.4 is 11.1 Å². The fraction of sp³-hybridized carbons (Fsp3) is 0.526. The standard InChI is InChI=1S/C19H26N4O2/c1-5-14(24)23-16-15-13(22-17(16)18(20)25)9-10-8-11(19(2,3)4)6-7-12(10)21-15/h9,11,22H,5-8H2,1-4H3,(H2,20,25)(H,23,24). The number of aryl methyl sites for hydroxylation is 1. The van der Waals surface area contributed by atoms with Gasteiger partial charge in [-0.15, -0.1) is 0 Å². The van der Waals surface area contributed by atoms with Crippen LogP contribution in [-0.4, -0.2) is 21.8 Å². The normalized spacial score (nSPS) is 17.4. The van der Waals surface area contributed by atoms with Crippen LogP contribution in [0.2, 0.25) is 0 Å². The number of aromatic nitrogens is 2. The summed E-state index contributed by atoms with van der Waals surface area (Å²) >= 11 is 0. The summed E-state index contributed by atoms with van der Waals surface area (Å²) in [5, 5.41) is 2.77. The molecule has 3 rings (SSSR count). The molecule has 0 saturated carbocycles. The monoisotopic (exact) mass is 342 g/mol. The maximum atomic E-state index is 11.8. The van der Waals surface area contributed by atoms with E-state index in [9.17, 15) is 9.59 Å². The fourth-order valence-electron chi connectivity index (χ4n) is 3.54. The number of carbonyl (C=O) groups is 2. The predicted molar refractivity (Wildman–Crippen MR) is 98.5 cm³/mol. The van der Waals surface area contributed by atoms with Crippen molar-refractivity contribution < 1.29 is 9.59 Å². The second-order valence-electron chi connectivity index (χ2n) is 7.94. The molecule has 134 valence electrons. The van der Waals surface area contributed by atoms with Crippen LogP contribution >= 0.6 is 0 Å². The van der Waals surface area contributed by atoms with Gasteiger partial charge in [-0.25, -0.2) is 4.98 Å². The SMILES string of the molecule is CCC(=O)Nc1c(C(N)=O)[nH]c2cc3c(nc12)CCC(C(C)(C)C)C3. The highest BCUT2D eigenvalue weighted by atomic mass is 16.2. The summed E-state index contributed by atoms with van der Waals surface area (Å²) in [6.45, 7) is 8.57. The molecule has 0 aromatic carbocycles. The van der Waals surface area contributed by atoms with Crippen molar-refractivity contribution in [3.8, 4) is 0 Å². The van der Waals surface area contributed by atoms with Crippen LogP contribution in [0.3, 0.4) is 0 Å². The van der Waals surface area contributed by atoms with Crippen molar-refractivity contribution >= 4 is 28.5 Å². The predicted octanol–water partition coefficient (Wildman–Crippen LogP) is 3.16. The van der Waals surface area contributed by atoms with Crippen LogP contribution in [0.4, 0.5) is 5.69 Å². The molecule has 4 N–H and O–H groups in total. The Morgan fingerprint density at radius 3 is 2.72 bits per heavy atom. The first-order valence-electron chi connectivity index (χ1n) is 8.84.